The molecule has 0 aromatic carbocycles. The Bertz CT molecular complexity index is 4710. The summed E-state index contributed by atoms with van der Waals surface area (Å²) in [5, 5.41) is 42.3. The second-order valence-electron chi connectivity index (χ2n) is 33.2. The number of rotatable bonds is 11. The molecule has 0 aliphatic carbocycles. The van der Waals surface area contributed by atoms with Gasteiger partial charge >= 0.3 is 0 Å². The van der Waals surface area contributed by atoms with Crippen molar-refractivity contribution in [1.82, 2.24) is 52.6 Å². The van der Waals surface area contributed by atoms with Gasteiger partial charge in [0.05, 0.1) is 183 Å². The lowest BCUT2D eigenvalue weighted by Gasteiger charge is -2.41. The topological polar surface area (TPSA) is 270 Å². The number of anilines is 9. The van der Waals surface area contributed by atoms with Crippen LogP contribution in [0.3, 0.4) is 0 Å². The molecule has 10 aromatic heterocycles. The number of fused-ring (bicyclic) bond motifs is 5. The molecule has 0 bridgehead atoms. The van der Waals surface area contributed by atoms with Gasteiger partial charge in [0.2, 0.25) is 0 Å². The number of hydrogen-bond donors (Lipinski definition) is 7. The molecule has 5 fully saturated rings. The zero-order valence-electron chi connectivity index (χ0n) is 71.3. The summed E-state index contributed by atoms with van der Waals surface area (Å²) < 4.78 is 14.6. The molecule has 0 radical (unpaired) electrons. The molecule has 0 saturated carbocycles. The molecule has 0 spiro atoms. The molecule has 5 aliphatic heterocycles. The molecule has 2 unspecified atom stereocenters. The monoisotopic (exact) mass is 1510 g/mol. The number of likely N-dealkylation sites (tertiary alicyclic amines) is 1. The third kappa shape index (κ3) is 17.9. The van der Waals surface area contributed by atoms with Crippen LogP contribution in [-0.4, -0.2) is 270 Å². The lowest BCUT2D eigenvalue weighted by molar-refractivity contribution is -0.912. The first kappa shape index (κ1) is 89.3. The second kappa shape index (κ2) is 34.7. The summed E-state index contributed by atoms with van der Waals surface area (Å²) in [7, 11) is 20.1. The minimum atomic E-state index is 0. The van der Waals surface area contributed by atoms with Crippen molar-refractivity contribution in [2.24, 2.45) is 0 Å². The van der Waals surface area contributed by atoms with Gasteiger partial charge in [-0.1, -0.05) is 30.3 Å². The van der Waals surface area contributed by atoms with E-state index in [2.05, 4.69) is 201 Å². The van der Waals surface area contributed by atoms with Crippen molar-refractivity contribution in [3.05, 3.63) is 154 Å². The molecule has 10 aromatic rings. The molecule has 0 amide bonds. The van der Waals surface area contributed by atoms with Crippen LogP contribution in [0.4, 0.5) is 57.5 Å². The number of likely N-dealkylation sites (N-methyl/N-ethyl adjacent to an activating group) is 4. The van der Waals surface area contributed by atoms with E-state index >= 15 is 0 Å². The average Bonchev–Trinajstić information content (AvgIpc) is 1.63. The molecule has 26 heteroatoms. The van der Waals surface area contributed by atoms with Gasteiger partial charge in [-0.05, 0) is 127 Å². The highest BCUT2D eigenvalue weighted by molar-refractivity contribution is 5.85. The predicted molar refractivity (Wildman–Crippen MR) is 462 cm³/mol. The third-order valence-corrected chi connectivity index (χ3v) is 24.4. The Labute approximate surface area is 653 Å². The quantitative estimate of drug-likeness (QED) is 0.0469. The Morgan fingerprint density at radius 1 is 0.385 bits per heavy atom. The van der Waals surface area contributed by atoms with Crippen molar-refractivity contribution in [3.63, 3.8) is 0 Å². The van der Waals surface area contributed by atoms with Gasteiger partial charge in [-0.15, -0.1) is 25.5 Å². The fourth-order valence-electron chi connectivity index (χ4n) is 15.6. The first-order chi connectivity index (χ1) is 49.0. The molecule has 12 N–H and O–H groups in total. The van der Waals surface area contributed by atoms with Gasteiger partial charge in [-0.3, -0.25) is 4.48 Å². The van der Waals surface area contributed by atoms with Crippen LogP contribution in [0.15, 0.2) is 60.7 Å². The van der Waals surface area contributed by atoms with Gasteiger partial charge in [0.25, 0.3) is 5.82 Å². The van der Waals surface area contributed by atoms with Crippen LogP contribution in [0.5, 0.6) is 0 Å². The zero-order valence-corrected chi connectivity index (χ0v) is 71.3. The predicted octanol–water partition coefficient (Wildman–Crippen LogP) is 9.74. The highest BCUT2D eigenvalue weighted by Gasteiger charge is 2.39. The normalized spacial score (nSPS) is 18.0. The number of hydrogen-bond acceptors (Lipinski definition) is 16. The Kier molecular flexibility index (Phi) is 28.5. The number of aliphatic hydroxyl groups excluding tert-OH is 2. The molecular formula is C83H140N24O2. The van der Waals surface area contributed by atoms with Crippen molar-refractivity contribution < 1.29 is 28.1 Å². The highest BCUT2D eigenvalue weighted by atomic mass is 16.3. The maximum absolute atomic E-state index is 9.28. The number of nitrogen functional groups attached to an aromatic ring is 5. The van der Waals surface area contributed by atoms with Gasteiger partial charge in [-0.25, -0.2) is 22.6 Å². The van der Waals surface area contributed by atoms with Gasteiger partial charge in [0.15, 0.2) is 23.3 Å². The number of quaternary nitrogens is 5. The first-order valence-electron chi connectivity index (χ1n) is 37.6. The zero-order chi connectivity index (χ0) is 75.4. The smallest absolute Gasteiger partial charge is 0.270 e. The van der Waals surface area contributed by atoms with Gasteiger partial charge < -0.3 is 114 Å². The van der Waals surface area contributed by atoms with E-state index in [-0.39, 0.29) is 50.3 Å². The average molecular weight is 1510 g/mol. The Morgan fingerprint density at radius 2 is 0.688 bits per heavy atom. The van der Waals surface area contributed by atoms with E-state index < -0.39 is 0 Å². The summed E-state index contributed by atoms with van der Waals surface area (Å²) in [6.45, 7) is 37.4. The standard InChI is InChI=1S/C17H28N5O.C16H26N5O.C16H26N5.C15H24N5.C14H21N4.5CH3/c1-12-5-6-15-16(18)17(19-21(15)13(12)2)20-8-7-14(11-20)22(3,4)9-10-23;1-12-4-5-14-15(17)16(18-20(14)13(12)2)19-6-8-21(3,9-7-19)10-11-22;1-11-6-7-14-15(17)16(18-20(14)12(11)2)19-9-8-13(10-19)21(3,4)5;1-11-5-6-13-14(16)15(17-19(13)12(11)2)18-7-9-20(3,4)10-8-18;1-10-6-7-12-13(15)14(16-17(12)11(10)2)18(3)8-4-5-9-18;;;;;/h5-6,14,23H,7-11,18H2,1-4H3;4-5,22H,6-11,17H2,1-3H3;6-7,13H,8-10,17H2,1-5H3;5-6H,7-10,16H2,1-4H3;6-7H,4-5,8-9,15H2,1-3H3;5*1H3/q5*+1;5*-1. The van der Waals surface area contributed by atoms with Gasteiger partial charge in [0.1, 0.15) is 53.6 Å². The molecule has 5 aliphatic rings. The molecular weight excluding hydrogens is 1370 g/mol. The SMILES string of the molecule is Cc1ccc2c(N)c(N3CCC([N+](C)(C)C)C3)nn2c1C.Cc1ccc2c(N)c(N3CCC([N+](C)(C)CCO)C3)nn2c1C.Cc1ccc2c(N)c(N3CC[N+](C)(C)CC3)nn2c1C.Cc1ccc2c(N)c(N3CC[N+](C)(CCO)CC3)nn2c1C.Cc1ccc2c(N)c([N+]3(C)CCCC3)nn2c1C.[CH3-].[CH3-].[CH3-].[CH3-].[CH3-]. The number of pyridine rings is 5. The number of nitrogens with zero attached hydrogens (tertiary/aromatic N) is 19. The Hall–Kier alpha value is -8.63. The number of piperazine rings is 2. The van der Waals surface area contributed by atoms with E-state index in [4.69, 9.17) is 54.2 Å². The van der Waals surface area contributed by atoms with Crippen molar-refractivity contribution in [1.29, 1.82) is 0 Å². The van der Waals surface area contributed by atoms with Crippen LogP contribution in [-0.2, 0) is 0 Å². The summed E-state index contributed by atoms with van der Waals surface area (Å²) >= 11 is 0. The maximum atomic E-state index is 9.28. The second-order valence-corrected chi connectivity index (χ2v) is 33.2. The fourth-order valence-corrected chi connectivity index (χ4v) is 15.6. The number of aliphatic hydroxyl groups is 2. The van der Waals surface area contributed by atoms with Crippen molar-refractivity contribution in [3.8, 4) is 0 Å². The summed E-state index contributed by atoms with van der Waals surface area (Å²) in [5.74, 6) is 4.72. The maximum Gasteiger partial charge on any atom is 0.270 e. The summed E-state index contributed by atoms with van der Waals surface area (Å²) in [6.07, 6.45) is 4.82. The van der Waals surface area contributed by atoms with E-state index in [1.54, 1.807) is 0 Å². The largest absolute Gasteiger partial charge is 0.394 e. The van der Waals surface area contributed by atoms with Crippen LogP contribution in [0.2, 0.25) is 0 Å². The van der Waals surface area contributed by atoms with Crippen LogP contribution in [0.1, 0.15) is 82.0 Å². The summed E-state index contributed by atoms with van der Waals surface area (Å²) in [5.41, 5.74) is 52.7. The molecule has 5 saturated heterocycles. The van der Waals surface area contributed by atoms with E-state index in [0.717, 1.165) is 241 Å². The van der Waals surface area contributed by atoms with E-state index in [9.17, 15) is 10.2 Å². The van der Waals surface area contributed by atoms with Gasteiger partial charge in [-0.2, -0.15) is 0 Å². The molecule has 109 heavy (non-hydrogen) atoms. The number of aromatic nitrogens is 10. The minimum absolute atomic E-state index is 0. The molecule has 15 heterocycles. The first-order valence-corrected chi connectivity index (χ1v) is 37.6. The molecule has 26 nitrogen and oxygen atoms in total. The Morgan fingerprint density at radius 3 is 1.01 bits per heavy atom. The van der Waals surface area contributed by atoms with Crippen LogP contribution in [0, 0.1) is 106 Å². The lowest BCUT2D eigenvalue weighted by atomic mass is 10.2. The van der Waals surface area contributed by atoms with Crippen molar-refractivity contribution in [2.75, 3.05) is 230 Å². The van der Waals surface area contributed by atoms with Crippen molar-refractivity contribution in [2.45, 2.75) is 107 Å². The lowest BCUT2D eigenvalue weighted by Crippen LogP contribution is -2.58. The molecule has 2 atom stereocenters. The van der Waals surface area contributed by atoms with Crippen LogP contribution < -0.4 is 52.8 Å². The highest BCUT2D eigenvalue weighted by Crippen LogP contribution is 2.38. The van der Waals surface area contributed by atoms with E-state index in [0.29, 0.717) is 12.1 Å². The summed E-state index contributed by atoms with van der Waals surface area (Å²) in [4.78, 5) is 9.22. The van der Waals surface area contributed by atoms with Gasteiger partial charge in [0, 0.05) is 67.2 Å². The van der Waals surface area contributed by atoms with Crippen LogP contribution >= 0.6 is 0 Å². The summed E-state index contributed by atoms with van der Waals surface area (Å²) in [6, 6.07) is 22.0. The van der Waals surface area contributed by atoms with E-state index in [1.165, 1.54) is 52.8 Å². The fraction of sp³-hybridized carbons (Fsp3) is 0.518. The molecule has 15 rings (SSSR count). The Balaban J connectivity index is 0.000000211. The minimum Gasteiger partial charge on any atom is -0.394 e. The number of aryl methyl sites for hydroxylation is 10. The third-order valence-electron chi connectivity index (χ3n) is 24.4. The van der Waals surface area contributed by atoms with Crippen molar-refractivity contribution >= 4 is 85.1 Å². The van der Waals surface area contributed by atoms with Crippen LogP contribution in [0.25, 0.3) is 27.6 Å². The van der Waals surface area contributed by atoms with E-state index in [1.807, 2.05) is 34.7 Å². The molecule has 604 valence electrons. The number of nitrogens with two attached hydrogens (primary N) is 5.